The normalized spacial score (nSPS) is 12.6. The van der Waals surface area contributed by atoms with Crippen LogP contribution < -0.4 is 10.7 Å². The summed E-state index contributed by atoms with van der Waals surface area (Å²) in [5, 5.41) is 0. The van der Waals surface area contributed by atoms with Gasteiger partial charge in [-0.1, -0.05) is 0 Å². The van der Waals surface area contributed by atoms with E-state index in [1.165, 1.54) is 16.3 Å². The fraction of sp³-hybridized carbons (Fsp3) is 0.161. The summed E-state index contributed by atoms with van der Waals surface area (Å²) in [6.45, 7) is 3.64. The first-order valence-corrected chi connectivity index (χ1v) is 18.0. The van der Waals surface area contributed by atoms with E-state index < -0.39 is 18.4 Å². The SMILES string of the molecule is C[C@H](/C=C/[CH2][Sn]([c]1ccccc1)([c]1ccccc1)[c]1ccccc1)COCc1ccccc1. The van der Waals surface area contributed by atoms with Gasteiger partial charge < -0.3 is 0 Å². The van der Waals surface area contributed by atoms with Crippen LogP contribution in [0.3, 0.4) is 0 Å². The molecular formula is C31H32OSn. The second kappa shape index (κ2) is 12.0. The molecule has 1 nitrogen and oxygen atoms in total. The van der Waals surface area contributed by atoms with E-state index in [0.29, 0.717) is 12.5 Å². The first-order valence-electron chi connectivity index (χ1n) is 11.7. The third kappa shape index (κ3) is 6.04. The first-order chi connectivity index (χ1) is 16.3. The quantitative estimate of drug-likeness (QED) is 0.189. The molecule has 0 unspecified atom stereocenters. The Labute approximate surface area is 202 Å². The van der Waals surface area contributed by atoms with E-state index >= 15 is 0 Å². The summed E-state index contributed by atoms with van der Waals surface area (Å²) >= 11 is -3.20. The predicted molar refractivity (Wildman–Crippen MR) is 143 cm³/mol. The van der Waals surface area contributed by atoms with Crippen molar-refractivity contribution in [1.29, 1.82) is 0 Å². The summed E-state index contributed by atoms with van der Waals surface area (Å²) < 4.78 is 11.6. The van der Waals surface area contributed by atoms with E-state index in [-0.39, 0.29) is 0 Å². The van der Waals surface area contributed by atoms with Gasteiger partial charge in [0, 0.05) is 0 Å². The maximum atomic E-state index is 5.98. The van der Waals surface area contributed by atoms with Crippen LogP contribution in [0.2, 0.25) is 4.44 Å². The Morgan fingerprint density at radius 3 is 1.52 bits per heavy atom. The molecule has 0 aliphatic carbocycles. The van der Waals surface area contributed by atoms with E-state index in [0.717, 1.165) is 11.0 Å². The Morgan fingerprint density at radius 1 is 0.636 bits per heavy atom. The number of rotatable bonds is 10. The van der Waals surface area contributed by atoms with Crippen molar-refractivity contribution in [1.82, 2.24) is 0 Å². The molecule has 0 aliphatic rings. The molecule has 1 atom stereocenters. The van der Waals surface area contributed by atoms with Gasteiger partial charge in [-0.2, -0.15) is 0 Å². The molecular weight excluding hydrogens is 507 g/mol. The molecule has 4 aromatic carbocycles. The summed E-state index contributed by atoms with van der Waals surface area (Å²) in [4.78, 5) is 0. The van der Waals surface area contributed by atoms with Crippen molar-refractivity contribution in [2.24, 2.45) is 5.92 Å². The van der Waals surface area contributed by atoms with E-state index in [4.69, 9.17) is 4.74 Å². The molecule has 4 rings (SSSR count). The Hall–Kier alpha value is -2.62. The first kappa shape index (κ1) is 23.5. The van der Waals surface area contributed by atoms with Crippen LogP contribution in [0.5, 0.6) is 0 Å². The molecule has 0 saturated carbocycles. The molecule has 0 aromatic heterocycles. The molecule has 4 aromatic rings. The van der Waals surface area contributed by atoms with Gasteiger partial charge in [-0.3, -0.25) is 0 Å². The molecule has 0 saturated heterocycles. The fourth-order valence-corrected chi connectivity index (χ4v) is 17.3. The molecule has 166 valence electrons. The molecule has 0 radical (unpaired) electrons. The zero-order valence-electron chi connectivity index (χ0n) is 19.3. The van der Waals surface area contributed by atoms with Crippen molar-refractivity contribution in [3.05, 3.63) is 139 Å². The van der Waals surface area contributed by atoms with Crippen molar-refractivity contribution in [3.63, 3.8) is 0 Å². The van der Waals surface area contributed by atoms with Crippen LogP contribution in [0.25, 0.3) is 0 Å². The van der Waals surface area contributed by atoms with Gasteiger partial charge in [0.05, 0.1) is 0 Å². The molecule has 0 bridgehead atoms. The maximum absolute atomic E-state index is 5.98. The summed E-state index contributed by atoms with van der Waals surface area (Å²) in [5.41, 5.74) is 1.22. The Morgan fingerprint density at radius 2 is 1.06 bits per heavy atom. The van der Waals surface area contributed by atoms with Crippen LogP contribution in [0.15, 0.2) is 133 Å². The predicted octanol–water partition coefficient (Wildman–Crippen LogP) is 5.57. The van der Waals surface area contributed by atoms with Crippen molar-refractivity contribution < 1.29 is 4.74 Å². The Bertz CT molecular complexity index is 1010. The van der Waals surface area contributed by atoms with Crippen molar-refractivity contribution >= 4 is 29.1 Å². The second-order valence-electron chi connectivity index (χ2n) is 8.61. The topological polar surface area (TPSA) is 9.23 Å². The fourth-order valence-electron chi connectivity index (χ4n) is 4.49. The minimum atomic E-state index is -3.20. The molecule has 0 amide bonds. The average molecular weight is 539 g/mol. The van der Waals surface area contributed by atoms with Gasteiger partial charge in [-0.15, -0.1) is 0 Å². The van der Waals surface area contributed by atoms with Crippen LogP contribution >= 0.6 is 0 Å². The van der Waals surface area contributed by atoms with Gasteiger partial charge in [-0.25, -0.2) is 0 Å². The van der Waals surface area contributed by atoms with Crippen LogP contribution in [0, 0.1) is 5.92 Å². The third-order valence-corrected chi connectivity index (χ3v) is 19.9. The Kier molecular flexibility index (Phi) is 8.57. The van der Waals surface area contributed by atoms with Gasteiger partial charge in [-0.05, 0) is 0 Å². The van der Waals surface area contributed by atoms with Crippen LogP contribution in [0.4, 0.5) is 0 Å². The zero-order valence-corrected chi connectivity index (χ0v) is 22.2. The van der Waals surface area contributed by atoms with Crippen LogP contribution in [-0.2, 0) is 11.3 Å². The summed E-state index contributed by atoms with van der Waals surface area (Å²) in [7, 11) is 0. The van der Waals surface area contributed by atoms with Crippen LogP contribution in [-0.4, -0.2) is 25.0 Å². The summed E-state index contributed by atoms with van der Waals surface area (Å²) in [5.74, 6) is 0.375. The van der Waals surface area contributed by atoms with E-state index in [1.807, 2.05) is 6.07 Å². The van der Waals surface area contributed by atoms with Crippen LogP contribution in [0.1, 0.15) is 12.5 Å². The summed E-state index contributed by atoms with van der Waals surface area (Å²) in [6, 6.07) is 44.0. The van der Waals surface area contributed by atoms with E-state index in [9.17, 15) is 0 Å². The molecule has 0 spiro atoms. The van der Waals surface area contributed by atoms with E-state index in [2.05, 4.69) is 134 Å². The molecule has 0 aliphatic heterocycles. The number of hydrogen-bond acceptors (Lipinski definition) is 1. The third-order valence-electron chi connectivity index (χ3n) is 6.18. The Balaban J connectivity index is 1.57. The zero-order chi connectivity index (χ0) is 22.8. The summed E-state index contributed by atoms with van der Waals surface area (Å²) in [6.07, 6.45) is 4.78. The number of allylic oxidation sites excluding steroid dienone is 1. The van der Waals surface area contributed by atoms with Gasteiger partial charge in [0.1, 0.15) is 0 Å². The van der Waals surface area contributed by atoms with Crippen molar-refractivity contribution in [2.75, 3.05) is 6.61 Å². The molecule has 2 heteroatoms. The monoisotopic (exact) mass is 540 g/mol. The minimum absolute atomic E-state index is 0.375. The van der Waals surface area contributed by atoms with Gasteiger partial charge in [0.15, 0.2) is 0 Å². The van der Waals surface area contributed by atoms with Crippen molar-refractivity contribution in [2.45, 2.75) is 18.0 Å². The number of benzene rings is 4. The molecule has 0 N–H and O–H groups in total. The number of hydrogen-bond donors (Lipinski definition) is 0. The average Bonchev–Trinajstić information content (AvgIpc) is 2.89. The standard InChI is InChI=1S/C13H17O.3C6H5.Sn/c1-3-7-12(2)10-14-11-13-8-5-4-6-9-13;3*1-2-4-6-5-3-1;/h3-9,12H,1,10-11H2,2H3;3*1-5H;/b7-3+;;;;/t12-;;;;/m1..../s1. The number of ether oxygens (including phenoxy) is 1. The van der Waals surface area contributed by atoms with Gasteiger partial charge >= 0.3 is 203 Å². The molecule has 33 heavy (non-hydrogen) atoms. The van der Waals surface area contributed by atoms with E-state index in [1.54, 1.807) is 0 Å². The molecule has 0 heterocycles. The second-order valence-corrected chi connectivity index (χ2v) is 19.9. The van der Waals surface area contributed by atoms with Crippen molar-refractivity contribution in [3.8, 4) is 0 Å². The van der Waals surface area contributed by atoms with Gasteiger partial charge in [0.25, 0.3) is 0 Å². The molecule has 0 fully saturated rings. The van der Waals surface area contributed by atoms with Gasteiger partial charge in [0.2, 0.25) is 0 Å².